The molecule has 10 aromatic rings. The van der Waals surface area contributed by atoms with E-state index in [0.29, 0.717) is 5.89 Å². The molecule has 0 aliphatic carbocycles. The summed E-state index contributed by atoms with van der Waals surface area (Å²) in [6.45, 7) is 0. The molecule has 8 aromatic carbocycles. The summed E-state index contributed by atoms with van der Waals surface area (Å²) < 4.78 is 13.0. The second-order valence-corrected chi connectivity index (χ2v) is 12.8. The molecule has 0 N–H and O–H groups in total. The monoisotopic (exact) mass is 654 g/mol. The number of hydrogen-bond acceptors (Lipinski definition) is 4. The predicted octanol–water partition coefficient (Wildman–Crippen LogP) is 13.4. The van der Waals surface area contributed by atoms with Crippen molar-refractivity contribution in [3.05, 3.63) is 182 Å². The van der Waals surface area contributed by atoms with E-state index in [2.05, 4.69) is 138 Å². The number of para-hydroxylation sites is 2. The Hall–Kier alpha value is -6.91. The van der Waals surface area contributed by atoms with Gasteiger partial charge in [-0.15, -0.1) is 0 Å². The van der Waals surface area contributed by atoms with Crippen LogP contribution in [0.25, 0.3) is 77.5 Å². The van der Waals surface area contributed by atoms with Gasteiger partial charge in [0.25, 0.3) is 0 Å². The lowest BCUT2D eigenvalue weighted by Gasteiger charge is -2.26. The molecule has 0 radical (unpaired) electrons. The van der Waals surface area contributed by atoms with Gasteiger partial charge in [0.1, 0.15) is 11.1 Å². The Kier molecular flexibility index (Phi) is 6.78. The summed E-state index contributed by atoms with van der Waals surface area (Å²) in [6, 6.07) is 63.4. The van der Waals surface area contributed by atoms with Crippen molar-refractivity contribution in [2.75, 3.05) is 4.90 Å². The molecular formula is C47H30N2O2. The fourth-order valence-corrected chi connectivity index (χ4v) is 7.20. The highest BCUT2D eigenvalue weighted by Crippen LogP contribution is 2.46. The molecular weight excluding hydrogens is 625 g/mol. The zero-order valence-corrected chi connectivity index (χ0v) is 27.5. The average Bonchev–Trinajstić information content (AvgIpc) is 3.82. The van der Waals surface area contributed by atoms with Crippen LogP contribution in [0.3, 0.4) is 0 Å². The van der Waals surface area contributed by atoms with Crippen LogP contribution < -0.4 is 4.90 Å². The molecule has 0 atom stereocenters. The van der Waals surface area contributed by atoms with Gasteiger partial charge in [-0.05, 0) is 93.7 Å². The molecule has 0 amide bonds. The zero-order chi connectivity index (χ0) is 33.7. The van der Waals surface area contributed by atoms with Crippen LogP contribution in [0.2, 0.25) is 0 Å². The van der Waals surface area contributed by atoms with Crippen LogP contribution in [0, 0.1) is 0 Å². The molecule has 240 valence electrons. The van der Waals surface area contributed by atoms with E-state index in [1.54, 1.807) is 0 Å². The number of hydrogen-bond donors (Lipinski definition) is 0. The summed E-state index contributed by atoms with van der Waals surface area (Å²) in [5.74, 6) is 0.589. The van der Waals surface area contributed by atoms with E-state index in [4.69, 9.17) is 13.8 Å². The maximum Gasteiger partial charge on any atom is 0.227 e. The van der Waals surface area contributed by atoms with E-state index >= 15 is 0 Å². The summed E-state index contributed by atoms with van der Waals surface area (Å²) in [5, 5.41) is 4.33. The van der Waals surface area contributed by atoms with Gasteiger partial charge in [-0.2, -0.15) is 0 Å². The lowest BCUT2D eigenvalue weighted by atomic mass is 10.00. The van der Waals surface area contributed by atoms with Crippen molar-refractivity contribution in [3.8, 4) is 33.7 Å². The molecule has 0 aliphatic heterocycles. The van der Waals surface area contributed by atoms with Gasteiger partial charge in [0.15, 0.2) is 11.2 Å². The highest BCUT2D eigenvalue weighted by molar-refractivity contribution is 6.23. The molecule has 10 rings (SSSR count). The summed E-state index contributed by atoms with van der Waals surface area (Å²) in [6.07, 6.45) is 0. The lowest BCUT2D eigenvalue weighted by molar-refractivity contribution is 0.620. The lowest BCUT2D eigenvalue weighted by Crippen LogP contribution is -2.10. The second kappa shape index (κ2) is 11.9. The minimum atomic E-state index is 0.589. The van der Waals surface area contributed by atoms with Gasteiger partial charge >= 0.3 is 0 Å². The molecule has 51 heavy (non-hydrogen) atoms. The number of nitrogens with zero attached hydrogens (tertiary/aromatic N) is 2. The number of benzene rings is 8. The molecule has 2 heterocycles. The largest absolute Gasteiger partial charge is 0.454 e. The van der Waals surface area contributed by atoms with Gasteiger partial charge in [0.2, 0.25) is 5.89 Å². The van der Waals surface area contributed by atoms with Crippen LogP contribution in [0.5, 0.6) is 0 Å². The summed E-state index contributed by atoms with van der Waals surface area (Å²) in [7, 11) is 0. The fraction of sp³-hybridized carbons (Fsp3) is 0. The standard InChI is InChI=1S/C47H30N2O2/c1-3-11-31(12-4-1)33-19-24-37(25-20-33)49(38-26-21-34(22-27-38)32-13-5-2-6-14-32)42-30-35-15-7-8-16-39(35)45-40-29-36(23-28-43(40)50-46(42)45)47-48-41-17-9-10-18-44(41)51-47/h1-30H. The first-order chi connectivity index (χ1) is 25.3. The van der Waals surface area contributed by atoms with Crippen molar-refractivity contribution in [2.45, 2.75) is 0 Å². The normalized spacial score (nSPS) is 11.5. The van der Waals surface area contributed by atoms with Crippen molar-refractivity contribution < 1.29 is 8.83 Å². The number of fused-ring (bicyclic) bond motifs is 6. The van der Waals surface area contributed by atoms with Gasteiger partial charge in [-0.25, -0.2) is 4.98 Å². The Bertz CT molecular complexity index is 2720. The van der Waals surface area contributed by atoms with E-state index in [1.165, 1.54) is 11.1 Å². The minimum absolute atomic E-state index is 0.589. The Morgan fingerprint density at radius 2 is 0.980 bits per heavy atom. The van der Waals surface area contributed by atoms with E-state index in [-0.39, 0.29) is 0 Å². The molecule has 0 spiro atoms. The quantitative estimate of drug-likeness (QED) is 0.179. The van der Waals surface area contributed by atoms with Crippen LogP contribution in [0.15, 0.2) is 191 Å². The molecule has 4 nitrogen and oxygen atoms in total. The van der Waals surface area contributed by atoms with Gasteiger partial charge in [-0.3, -0.25) is 0 Å². The van der Waals surface area contributed by atoms with E-state index < -0.39 is 0 Å². The third-order valence-electron chi connectivity index (χ3n) is 9.69. The third kappa shape index (κ3) is 5.04. The Morgan fingerprint density at radius 3 is 1.65 bits per heavy atom. The summed E-state index contributed by atoms with van der Waals surface area (Å²) in [4.78, 5) is 7.10. The van der Waals surface area contributed by atoms with E-state index in [0.717, 1.165) is 77.6 Å². The van der Waals surface area contributed by atoms with Gasteiger partial charge < -0.3 is 13.7 Å². The van der Waals surface area contributed by atoms with Gasteiger partial charge in [0.05, 0.1) is 5.69 Å². The summed E-state index contributed by atoms with van der Waals surface area (Å²) in [5.41, 5.74) is 11.9. The van der Waals surface area contributed by atoms with Gasteiger partial charge in [-0.1, -0.05) is 121 Å². The SMILES string of the molecule is c1ccc(-c2ccc(N(c3ccc(-c4ccccc4)cc3)c3cc4ccccc4c4c3oc3ccc(-c5nc6ccccc6o5)cc34)cc2)cc1. The van der Waals surface area contributed by atoms with Crippen LogP contribution in [0.4, 0.5) is 17.1 Å². The maximum atomic E-state index is 6.86. The van der Waals surface area contributed by atoms with Gasteiger partial charge in [0, 0.05) is 27.7 Å². The summed E-state index contributed by atoms with van der Waals surface area (Å²) >= 11 is 0. The average molecular weight is 655 g/mol. The van der Waals surface area contributed by atoms with Crippen LogP contribution in [-0.4, -0.2) is 4.98 Å². The second-order valence-electron chi connectivity index (χ2n) is 12.8. The number of anilines is 3. The van der Waals surface area contributed by atoms with Crippen molar-refractivity contribution in [2.24, 2.45) is 0 Å². The predicted molar refractivity (Wildman–Crippen MR) is 210 cm³/mol. The highest BCUT2D eigenvalue weighted by atomic mass is 16.3. The Balaban J connectivity index is 1.19. The maximum absolute atomic E-state index is 6.86. The molecule has 0 bridgehead atoms. The third-order valence-corrected chi connectivity index (χ3v) is 9.69. The van der Waals surface area contributed by atoms with Crippen LogP contribution in [0.1, 0.15) is 0 Å². The smallest absolute Gasteiger partial charge is 0.227 e. The molecule has 2 aromatic heterocycles. The number of furan rings is 1. The molecule has 0 fully saturated rings. The van der Waals surface area contributed by atoms with E-state index in [9.17, 15) is 0 Å². The zero-order valence-electron chi connectivity index (χ0n) is 27.5. The first-order valence-corrected chi connectivity index (χ1v) is 17.1. The van der Waals surface area contributed by atoms with Crippen molar-refractivity contribution >= 4 is 60.9 Å². The molecule has 0 saturated carbocycles. The van der Waals surface area contributed by atoms with Crippen molar-refractivity contribution in [3.63, 3.8) is 0 Å². The number of aromatic nitrogens is 1. The Morgan fingerprint density at radius 1 is 0.412 bits per heavy atom. The molecule has 0 aliphatic rings. The minimum Gasteiger partial charge on any atom is -0.454 e. The Labute approximate surface area is 294 Å². The number of oxazole rings is 1. The molecule has 4 heteroatoms. The highest BCUT2D eigenvalue weighted by Gasteiger charge is 2.23. The van der Waals surface area contributed by atoms with Crippen LogP contribution >= 0.6 is 0 Å². The van der Waals surface area contributed by atoms with E-state index in [1.807, 2.05) is 48.5 Å². The topological polar surface area (TPSA) is 42.4 Å². The molecule has 0 saturated heterocycles. The molecule has 0 unspecified atom stereocenters. The van der Waals surface area contributed by atoms with Crippen molar-refractivity contribution in [1.29, 1.82) is 0 Å². The number of rotatable bonds is 6. The van der Waals surface area contributed by atoms with Crippen molar-refractivity contribution in [1.82, 2.24) is 4.98 Å². The van der Waals surface area contributed by atoms with Crippen LogP contribution in [-0.2, 0) is 0 Å². The fourth-order valence-electron chi connectivity index (χ4n) is 7.20. The first kappa shape index (κ1) is 29.0. The first-order valence-electron chi connectivity index (χ1n) is 17.1.